The third-order valence-electron chi connectivity index (χ3n) is 3.96. The van der Waals surface area contributed by atoms with Crippen LogP contribution in [0, 0.1) is 0 Å². The first-order chi connectivity index (χ1) is 11.6. The zero-order valence-electron chi connectivity index (χ0n) is 14.8. The van der Waals surface area contributed by atoms with Crippen molar-refractivity contribution in [3.63, 3.8) is 0 Å². The van der Waals surface area contributed by atoms with Crippen molar-refractivity contribution in [2.45, 2.75) is 19.6 Å². The van der Waals surface area contributed by atoms with Gasteiger partial charge < -0.3 is 24.3 Å². The van der Waals surface area contributed by atoms with E-state index in [-0.39, 0.29) is 12.0 Å². The van der Waals surface area contributed by atoms with Crippen LogP contribution in [0.3, 0.4) is 0 Å². The number of carbonyl (C=O) groups excluding carboxylic acids is 1. The second kappa shape index (κ2) is 8.75. The predicted molar refractivity (Wildman–Crippen MR) is 89.8 cm³/mol. The van der Waals surface area contributed by atoms with Gasteiger partial charge in [0, 0.05) is 31.3 Å². The number of carbonyl (C=O) groups is 1. The van der Waals surface area contributed by atoms with Crippen LogP contribution in [0.15, 0.2) is 12.1 Å². The van der Waals surface area contributed by atoms with Gasteiger partial charge in [0.05, 0.1) is 40.6 Å². The summed E-state index contributed by atoms with van der Waals surface area (Å²) in [6.07, 6.45) is 0.164. The van der Waals surface area contributed by atoms with Gasteiger partial charge in [-0.3, -0.25) is 9.69 Å². The number of nitrogens with one attached hydrogen (secondary N) is 1. The van der Waals surface area contributed by atoms with Gasteiger partial charge >= 0.3 is 0 Å². The number of rotatable bonds is 7. The lowest BCUT2D eigenvalue weighted by Gasteiger charge is -2.30. The summed E-state index contributed by atoms with van der Waals surface area (Å²) in [5, 5.41) is 2.93. The zero-order valence-corrected chi connectivity index (χ0v) is 14.8. The van der Waals surface area contributed by atoms with Crippen LogP contribution < -0.4 is 19.5 Å². The lowest BCUT2D eigenvalue weighted by molar-refractivity contribution is -0.124. The lowest BCUT2D eigenvalue weighted by atomic mass is 10.1. The Balaban J connectivity index is 1.96. The molecule has 1 aromatic rings. The molecule has 7 nitrogen and oxygen atoms in total. The van der Waals surface area contributed by atoms with Crippen LogP contribution in [0.2, 0.25) is 0 Å². The zero-order chi connectivity index (χ0) is 17.5. The van der Waals surface area contributed by atoms with Crippen LogP contribution in [0.1, 0.15) is 12.5 Å². The Kier molecular flexibility index (Phi) is 6.69. The summed E-state index contributed by atoms with van der Waals surface area (Å²) in [4.78, 5) is 14.3. The molecule has 1 fully saturated rings. The van der Waals surface area contributed by atoms with Gasteiger partial charge in [-0.25, -0.2) is 0 Å². The van der Waals surface area contributed by atoms with Crippen LogP contribution in [0.25, 0.3) is 0 Å². The minimum atomic E-state index is -0.0269. The molecule has 7 heteroatoms. The highest BCUT2D eigenvalue weighted by molar-refractivity contribution is 5.78. The molecule has 0 saturated carbocycles. The molecule has 1 aliphatic heterocycles. The van der Waals surface area contributed by atoms with Crippen LogP contribution in [0.5, 0.6) is 17.2 Å². The number of hydrogen-bond donors (Lipinski definition) is 1. The molecule has 24 heavy (non-hydrogen) atoms. The van der Waals surface area contributed by atoms with Crippen LogP contribution in [-0.4, -0.2) is 64.5 Å². The predicted octanol–water partition coefficient (Wildman–Crippen LogP) is 1.05. The average molecular weight is 338 g/mol. The number of benzene rings is 1. The maximum absolute atomic E-state index is 12.2. The summed E-state index contributed by atoms with van der Waals surface area (Å²) in [6.45, 7) is 4.95. The molecule has 1 heterocycles. The van der Waals surface area contributed by atoms with E-state index in [1.54, 1.807) is 27.4 Å². The fourth-order valence-electron chi connectivity index (χ4n) is 2.72. The summed E-state index contributed by atoms with van der Waals surface area (Å²) >= 11 is 0. The van der Waals surface area contributed by atoms with Gasteiger partial charge in [-0.2, -0.15) is 0 Å². The SMILES string of the molecule is COc1cc(OC)c(OC)cc1CNC(=O)CN1CCOC(C)C1. The van der Waals surface area contributed by atoms with Gasteiger partial charge in [0.2, 0.25) is 5.91 Å². The number of hydrogen-bond acceptors (Lipinski definition) is 6. The molecule has 134 valence electrons. The van der Waals surface area contributed by atoms with Gasteiger partial charge in [0.25, 0.3) is 0 Å². The van der Waals surface area contributed by atoms with E-state index in [0.717, 1.165) is 18.7 Å². The molecule has 1 aromatic carbocycles. The summed E-state index contributed by atoms with van der Waals surface area (Å²) in [5.74, 6) is 1.81. The van der Waals surface area contributed by atoms with Gasteiger partial charge in [0.15, 0.2) is 11.5 Å². The van der Waals surface area contributed by atoms with E-state index in [4.69, 9.17) is 18.9 Å². The first kappa shape index (κ1) is 18.4. The minimum absolute atomic E-state index is 0.0269. The second-order valence-electron chi connectivity index (χ2n) is 5.71. The molecular weight excluding hydrogens is 312 g/mol. The number of ether oxygens (including phenoxy) is 4. The fraction of sp³-hybridized carbons (Fsp3) is 0.588. The van der Waals surface area contributed by atoms with E-state index >= 15 is 0 Å². The van der Waals surface area contributed by atoms with Crippen molar-refractivity contribution in [3.05, 3.63) is 17.7 Å². The Morgan fingerprint density at radius 1 is 1.21 bits per heavy atom. The topological polar surface area (TPSA) is 69.3 Å². The average Bonchev–Trinajstić information content (AvgIpc) is 2.59. The van der Waals surface area contributed by atoms with E-state index < -0.39 is 0 Å². The van der Waals surface area contributed by atoms with Crippen molar-refractivity contribution >= 4 is 5.91 Å². The summed E-state index contributed by atoms with van der Waals surface area (Å²) < 4.78 is 21.4. The highest BCUT2D eigenvalue weighted by atomic mass is 16.5. The first-order valence-corrected chi connectivity index (χ1v) is 7.97. The van der Waals surface area contributed by atoms with E-state index in [0.29, 0.717) is 36.9 Å². The van der Waals surface area contributed by atoms with Crippen molar-refractivity contribution in [1.29, 1.82) is 0 Å². The first-order valence-electron chi connectivity index (χ1n) is 7.97. The number of morpholine rings is 1. The molecule has 0 aromatic heterocycles. The Morgan fingerprint density at radius 2 is 1.88 bits per heavy atom. The van der Waals surface area contributed by atoms with E-state index in [1.165, 1.54) is 0 Å². The van der Waals surface area contributed by atoms with Gasteiger partial charge in [-0.1, -0.05) is 0 Å². The Bertz CT molecular complexity index is 564. The Labute approximate surface area is 142 Å². The number of methoxy groups -OCH3 is 3. The van der Waals surface area contributed by atoms with Crippen molar-refractivity contribution in [1.82, 2.24) is 10.2 Å². The highest BCUT2D eigenvalue weighted by Crippen LogP contribution is 2.34. The molecule has 1 amide bonds. The maximum atomic E-state index is 12.2. The standard InChI is InChI=1S/C17H26N2O5/c1-12-10-19(5-6-24-12)11-17(20)18-9-13-7-15(22-3)16(23-4)8-14(13)21-2/h7-8,12H,5-6,9-11H2,1-4H3,(H,18,20). The van der Waals surface area contributed by atoms with Gasteiger partial charge in [-0.15, -0.1) is 0 Å². The van der Waals surface area contributed by atoms with Gasteiger partial charge in [0.1, 0.15) is 5.75 Å². The second-order valence-corrected chi connectivity index (χ2v) is 5.71. The fourth-order valence-corrected chi connectivity index (χ4v) is 2.72. The van der Waals surface area contributed by atoms with Crippen molar-refractivity contribution in [2.75, 3.05) is 47.6 Å². The Morgan fingerprint density at radius 3 is 2.50 bits per heavy atom. The number of nitrogens with zero attached hydrogens (tertiary/aromatic N) is 1. The van der Waals surface area contributed by atoms with E-state index in [2.05, 4.69) is 10.2 Å². The molecule has 1 saturated heterocycles. The molecule has 0 radical (unpaired) electrons. The summed E-state index contributed by atoms with van der Waals surface area (Å²) in [7, 11) is 4.73. The quantitative estimate of drug-likeness (QED) is 0.801. The maximum Gasteiger partial charge on any atom is 0.234 e. The molecule has 1 aliphatic rings. The van der Waals surface area contributed by atoms with Gasteiger partial charge in [-0.05, 0) is 13.0 Å². The molecule has 0 bridgehead atoms. The summed E-state index contributed by atoms with van der Waals surface area (Å²) in [6, 6.07) is 3.57. The summed E-state index contributed by atoms with van der Waals surface area (Å²) in [5.41, 5.74) is 0.832. The third kappa shape index (κ3) is 4.75. The minimum Gasteiger partial charge on any atom is -0.496 e. The molecular formula is C17H26N2O5. The molecule has 0 aliphatic carbocycles. The normalized spacial score (nSPS) is 18.1. The Hall–Kier alpha value is -1.99. The molecule has 1 N–H and O–H groups in total. The van der Waals surface area contributed by atoms with Crippen molar-refractivity contribution < 1.29 is 23.7 Å². The monoisotopic (exact) mass is 338 g/mol. The van der Waals surface area contributed by atoms with Crippen molar-refractivity contribution in [3.8, 4) is 17.2 Å². The van der Waals surface area contributed by atoms with Crippen LogP contribution >= 0.6 is 0 Å². The molecule has 0 spiro atoms. The smallest absolute Gasteiger partial charge is 0.234 e. The largest absolute Gasteiger partial charge is 0.496 e. The lowest BCUT2D eigenvalue weighted by Crippen LogP contribution is -2.45. The van der Waals surface area contributed by atoms with E-state index in [1.807, 2.05) is 13.0 Å². The third-order valence-corrected chi connectivity index (χ3v) is 3.96. The molecule has 1 atom stereocenters. The molecule has 1 unspecified atom stereocenters. The number of amides is 1. The van der Waals surface area contributed by atoms with Crippen LogP contribution in [-0.2, 0) is 16.1 Å². The van der Waals surface area contributed by atoms with E-state index in [9.17, 15) is 4.79 Å². The highest BCUT2D eigenvalue weighted by Gasteiger charge is 2.19. The van der Waals surface area contributed by atoms with Crippen LogP contribution in [0.4, 0.5) is 0 Å². The molecule has 2 rings (SSSR count). The van der Waals surface area contributed by atoms with Crippen molar-refractivity contribution in [2.24, 2.45) is 0 Å².